The maximum atomic E-state index is 12.3. The van der Waals surface area contributed by atoms with Gasteiger partial charge in [0.2, 0.25) is 0 Å². The number of pyridine rings is 1. The third-order valence-corrected chi connectivity index (χ3v) is 1.88. The van der Waals surface area contributed by atoms with Crippen molar-refractivity contribution in [2.75, 3.05) is 0 Å². The van der Waals surface area contributed by atoms with Gasteiger partial charge in [-0.2, -0.15) is 13.2 Å². The lowest BCUT2D eigenvalue weighted by atomic mass is 10.1. The van der Waals surface area contributed by atoms with E-state index in [1.165, 1.54) is 0 Å². The zero-order valence-corrected chi connectivity index (χ0v) is 7.59. The maximum Gasteiger partial charge on any atom is 0.418 e. The van der Waals surface area contributed by atoms with Gasteiger partial charge in [-0.3, -0.25) is 4.79 Å². The predicted octanol–water partition coefficient (Wildman–Crippen LogP) is 2.98. The molecule has 0 amide bonds. The van der Waals surface area contributed by atoms with E-state index in [1.807, 2.05) is 0 Å². The van der Waals surface area contributed by atoms with Gasteiger partial charge in [0.1, 0.15) is 0 Å². The monoisotopic (exact) mass is 247 g/mol. The molecule has 1 aromatic rings. The third kappa shape index (κ3) is 2.28. The Kier molecular flexibility index (Phi) is 3.03. The molecule has 1 aromatic heterocycles. The first kappa shape index (κ1) is 12.0. The molecule has 0 aromatic carbocycles. The Labute approximate surface area is 84.7 Å². The molecule has 0 aliphatic heterocycles. The van der Waals surface area contributed by atoms with Crippen molar-refractivity contribution >= 4 is 11.6 Å². The molecule has 0 radical (unpaired) electrons. The summed E-state index contributed by atoms with van der Waals surface area (Å²) < 4.78 is 61.3. The number of alkyl halides is 5. The minimum Gasteiger partial charge on any atom is -0.327 e. The maximum absolute atomic E-state index is 12.3. The van der Waals surface area contributed by atoms with Crippen LogP contribution in [-0.2, 0) is 6.18 Å². The van der Waals surface area contributed by atoms with E-state index >= 15 is 0 Å². The van der Waals surface area contributed by atoms with E-state index in [4.69, 9.17) is 11.6 Å². The number of H-pyrrole nitrogens is 1. The van der Waals surface area contributed by atoms with Crippen molar-refractivity contribution in [3.63, 3.8) is 0 Å². The van der Waals surface area contributed by atoms with Crippen LogP contribution < -0.4 is 5.56 Å². The molecule has 1 N–H and O–H groups in total. The van der Waals surface area contributed by atoms with Crippen molar-refractivity contribution < 1.29 is 22.0 Å². The van der Waals surface area contributed by atoms with E-state index < -0.39 is 34.3 Å². The van der Waals surface area contributed by atoms with E-state index in [2.05, 4.69) is 0 Å². The van der Waals surface area contributed by atoms with Crippen LogP contribution in [-0.4, -0.2) is 4.98 Å². The first-order valence-corrected chi connectivity index (χ1v) is 3.89. The molecule has 0 fully saturated rings. The van der Waals surface area contributed by atoms with Crippen LogP contribution in [0, 0.1) is 0 Å². The second kappa shape index (κ2) is 3.80. The van der Waals surface area contributed by atoms with Gasteiger partial charge in [0.15, 0.2) is 0 Å². The Morgan fingerprint density at radius 3 is 2.20 bits per heavy atom. The Bertz CT molecular complexity index is 424. The lowest BCUT2D eigenvalue weighted by molar-refractivity contribution is -0.139. The Morgan fingerprint density at radius 2 is 1.87 bits per heavy atom. The van der Waals surface area contributed by atoms with Crippen molar-refractivity contribution in [3.05, 3.63) is 32.7 Å². The molecule has 15 heavy (non-hydrogen) atoms. The normalized spacial score (nSPS) is 12.2. The van der Waals surface area contributed by atoms with Crippen LogP contribution in [0.2, 0.25) is 5.02 Å². The van der Waals surface area contributed by atoms with Gasteiger partial charge in [0, 0.05) is 6.20 Å². The first-order chi connectivity index (χ1) is 6.75. The fourth-order valence-electron chi connectivity index (χ4n) is 1.02. The molecule has 8 heteroatoms. The third-order valence-electron chi connectivity index (χ3n) is 1.58. The largest absolute Gasteiger partial charge is 0.418 e. The summed E-state index contributed by atoms with van der Waals surface area (Å²) in [6.07, 6.45) is -8.10. The van der Waals surface area contributed by atoms with E-state index in [1.54, 1.807) is 4.98 Å². The molecule has 1 heterocycles. The summed E-state index contributed by atoms with van der Waals surface area (Å²) in [6.45, 7) is 0. The summed E-state index contributed by atoms with van der Waals surface area (Å²) in [7, 11) is 0. The Morgan fingerprint density at radius 1 is 1.33 bits per heavy atom. The summed E-state index contributed by atoms with van der Waals surface area (Å²) in [6, 6.07) is 0. The molecular formula is C7H3ClF5NO. The molecule has 0 saturated heterocycles. The van der Waals surface area contributed by atoms with Gasteiger partial charge in [0.25, 0.3) is 12.0 Å². The smallest absolute Gasteiger partial charge is 0.327 e. The van der Waals surface area contributed by atoms with E-state index in [0.29, 0.717) is 6.20 Å². The van der Waals surface area contributed by atoms with Crippen molar-refractivity contribution in [1.82, 2.24) is 4.98 Å². The van der Waals surface area contributed by atoms with E-state index in [-0.39, 0.29) is 0 Å². The molecule has 0 atom stereocenters. The molecule has 84 valence electrons. The Balaban J connectivity index is 3.61. The Hall–Kier alpha value is -1.11. The van der Waals surface area contributed by atoms with Crippen LogP contribution in [0.5, 0.6) is 0 Å². The summed E-state index contributed by atoms with van der Waals surface area (Å²) in [4.78, 5) is 12.5. The van der Waals surface area contributed by atoms with Crippen LogP contribution in [0.3, 0.4) is 0 Å². The molecule has 2 nitrogen and oxygen atoms in total. The molecular weight excluding hydrogens is 245 g/mol. The molecule has 0 saturated carbocycles. The fraction of sp³-hybridized carbons (Fsp3) is 0.286. The van der Waals surface area contributed by atoms with Crippen LogP contribution in [0.4, 0.5) is 22.0 Å². The number of hydrogen-bond donors (Lipinski definition) is 1. The van der Waals surface area contributed by atoms with Crippen molar-refractivity contribution in [1.29, 1.82) is 0 Å². The van der Waals surface area contributed by atoms with Crippen molar-refractivity contribution in [2.24, 2.45) is 0 Å². The van der Waals surface area contributed by atoms with Crippen LogP contribution in [0.15, 0.2) is 11.0 Å². The zero-order valence-electron chi connectivity index (χ0n) is 6.83. The van der Waals surface area contributed by atoms with Crippen LogP contribution in [0.1, 0.15) is 17.6 Å². The van der Waals surface area contributed by atoms with Gasteiger partial charge in [-0.05, 0) is 0 Å². The number of nitrogens with one attached hydrogen (secondary N) is 1. The van der Waals surface area contributed by atoms with Crippen LogP contribution in [0.25, 0.3) is 0 Å². The SMILES string of the molecule is O=c1[nH]cc(Cl)c(C(F)(F)F)c1C(F)F. The molecule has 1 rings (SSSR count). The zero-order chi connectivity index (χ0) is 11.8. The van der Waals surface area contributed by atoms with Gasteiger partial charge in [0.05, 0.1) is 16.1 Å². The van der Waals surface area contributed by atoms with Gasteiger partial charge in [-0.25, -0.2) is 8.78 Å². The van der Waals surface area contributed by atoms with Gasteiger partial charge >= 0.3 is 6.18 Å². The predicted molar refractivity (Wildman–Crippen MR) is 42.0 cm³/mol. The van der Waals surface area contributed by atoms with Gasteiger partial charge in [-0.15, -0.1) is 0 Å². The summed E-state index contributed by atoms with van der Waals surface area (Å²) in [5, 5.41) is -0.961. The highest BCUT2D eigenvalue weighted by molar-refractivity contribution is 6.31. The second-order valence-electron chi connectivity index (χ2n) is 2.55. The van der Waals surface area contributed by atoms with E-state index in [0.717, 1.165) is 0 Å². The number of aromatic nitrogens is 1. The summed E-state index contributed by atoms with van der Waals surface area (Å²) in [5.74, 6) is 0. The quantitative estimate of drug-likeness (QED) is 0.761. The highest BCUT2D eigenvalue weighted by Crippen LogP contribution is 2.38. The summed E-state index contributed by atoms with van der Waals surface area (Å²) >= 11 is 5.11. The van der Waals surface area contributed by atoms with Gasteiger partial charge < -0.3 is 4.98 Å². The van der Waals surface area contributed by atoms with E-state index in [9.17, 15) is 26.7 Å². The lowest BCUT2D eigenvalue weighted by Gasteiger charge is -2.12. The molecule has 0 bridgehead atoms. The second-order valence-corrected chi connectivity index (χ2v) is 2.96. The average Bonchev–Trinajstić information content (AvgIpc) is 2.05. The highest BCUT2D eigenvalue weighted by atomic mass is 35.5. The summed E-state index contributed by atoms with van der Waals surface area (Å²) in [5.41, 5.74) is -4.94. The average molecular weight is 248 g/mol. The number of aromatic amines is 1. The lowest BCUT2D eigenvalue weighted by Crippen LogP contribution is -2.21. The minimum absolute atomic E-state index is 0.526. The van der Waals surface area contributed by atoms with Crippen molar-refractivity contribution in [2.45, 2.75) is 12.6 Å². The number of halogens is 6. The molecule has 0 spiro atoms. The molecule has 0 aliphatic carbocycles. The highest BCUT2D eigenvalue weighted by Gasteiger charge is 2.39. The number of hydrogen-bond acceptors (Lipinski definition) is 1. The first-order valence-electron chi connectivity index (χ1n) is 3.51. The van der Waals surface area contributed by atoms with Gasteiger partial charge in [-0.1, -0.05) is 11.6 Å². The molecule has 0 unspecified atom stereocenters. The standard InChI is InChI=1S/C7H3ClF5NO/c8-2-1-14-6(15)3(5(9)10)4(2)7(11,12)13/h1,5H,(H,14,15). The molecule has 0 aliphatic rings. The van der Waals surface area contributed by atoms with Crippen LogP contribution >= 0.6 is 11.6 Å². The topological polar surface area (TPSA) is 32.9 Å². The van der Waals surface area contributed by atoms with Crippen molar-refractivity contribution in [3.8, 4) is 0 Å². The fourth-order valence-corrected chi connectivity index (χ4v) is 1.28. The minimum atomic E-state index is -5.09. The number of rotatable bonds is 1.